The molecule has 4 nitrogen and oxygen atoms in total. The van der Waals surface area contributed by atoms with E-state index in [9.17, 15) is 4.79 Å². The first-order valence-corrected chi connectivity index (χ1v) is 5.89. The fraction of sp³-hybridized carbons (Fsp3) is 0.0833. The average Bonchev–Trinajstić information content (AvgIpc) is 2.84. The van der Waals surface area contributed by atoms with E-state index in [1.54, 1.807) is 23.7 Å². The smallest absolute Gasteiger partial charge is 0.238 e. The SMILES string of the molecule is N#CCC(=O)Nc1ccc(-c2cscn2)cc1. The normalized spacial score (nSPS) is 9.59. The molecule has 0 saturated heterocycles. The molecule has 1 aromatic carbocycles. The Hall–Kier alpha value is -2.19. The number of anilines is 1. The van der Waals surface area contributed by atoms with Crippen molar-refractivity contribution in [2.45, 2.75) is 6.42 Å². The Kier molecular flexibility index (Phi) is 3.48. The molecule has 0 bridgehead atoms. The summed E-state index contributed by atoms with van der Waals surface area (Å²) in [5.74, 6) is -0.297. The number of nitrogens with one attached hydrogen (secondary N) is 1. The van der Waals surface area contributed by atoms with Gasteiger partial charge in [-0.1, -0.05) is 12.1 Å². The van der Waals surface area contributed by atoms with Gasteiger partial charge in [-0.25, -0.2) is 4.98 Å². The zero-order chi connectivity index (χ0) is 12.1. The van der Waals surface area contributed by atoms with Crippen molar-refractivity contribution in [2.24, 2.45) is 0 Å². The molecule has 0 spiro atoms. The van der Waals surface area contributed by atoms with Crippen molar-refractivity contribution in [1.29, 1.82) is 5.26 Å². The number of hydrogen-bond donors (Lipinski definition) is 1. The summed E-state index contributed by atoms with van der Waals surface area (Å²) in [5.41, 5.74) is 4.39. The van der Waals surface area contributed by atoms with Gasteiger partial charge in [-0.15, -0.1) is 11.3 Å². The summed E-state index contributed by atoms with van der Waals surface area (Å²) >= 11 is 1.54. The molecule has 1 N–H and O–H groups in total. The van der Waals surface area contributed by atoms with E-state index in [2.05, 4.69) is 10.3 Å². The number of nitriles is 1. The zero-order valence-corrected chi connectivity index (χ0v) is 9.70. The maximum absolute atomic E-state index is 11.2. The molecule has 5 heteroatoms. The number of rotatable bonds is 3. The average molecular weight is 243 g/mol. The van der Waals surface area contributed by atoms with Gasteiger partial charge in [0.05, 0.1) is 17.3 Å². The van der Waals surface area contributed by atoms with E-state index >= 15 is 0 Å². The first-order valence-electron chi connectivity index (χ1n) is 4.95. The Bertz CT molecular complexity index is 540. The molecule has 0 aliphatic rings. The zero-order valence-electron chi connectivity index (χ0n) is 8.88. The van der Waals surface area contributed by atoms with Gasteiger partial charge in [-0.2, -0.15) is 5.26 Å². The fourth-order valence-corrected chi connectivity index (χ4v) is 1.92. The highest BCUT2D eigenvalue weighted by Gasteiger charge is 2.02. The summed E-state index contributed by atoms with van der Waals surface area (Å²) in [4.78, 5) is 15.4. The molecule has 1 amide bonds. The monoisotopic (exact) mass is 243 g/mol. The summed E-state index contributed by atoms with van der Waals surface area (Å²) in [7, 11) is 0. The van der Waals surface area contributed by atoms with Gasteiger partial charge >= 0.3 is 0 Å². The summed E-state index contributed by atoms with van der Waals surface area (Å²) in [5, 5.41) is 13.0. The van der Waals surface area contributed by atoms with E-state index in [4.69, 9.17) is 5.26 Å². The fourth-order valence-electron chi connectivity index (χ4n) is 1.36. The van der Waals surface area contributed by atoms with Crippen molar-refractivity contribution in [3.63, 3.8) is 0 Å². The van der Waals surface area contributed by atoms with Crippen molar-refractivity contribution in [1.82, 2.24) is 4.98 Å². The Morgan fingerprint density at radius 3 is 2.76 bits per heavy atom. The standard InChI is InChI=1S/C12H9N3OS/c13-6-5-12(16)15-10-3-1-9(2-4-10)11-7-17-8-14-11/h1-4,7-8H,5H2,(H,15,16). The predicted octanol–water partition coefficient (Wildman–Crippen LogP) is 2.66. The van der Waals surface area contributed by atoms with Crippen molar-refractivity contribution < 1.29 is 4.79 Å². The number of aromatic nitrogens is 1. The highest BCUT2D eigenvalue weighted by atomic mass is 32.1. The van der Waals surface area contributed by atoms with E-state index in [0.717, 1.165) is 11.3 Å². The lowest BCUT2D eigenvalue weighted by Gasteiger charge is -2.03. The van der Waals surface area contributed by atoms with Gasteiger partial charge in [0.1, 0.15) is 6.42 Å². The summed E-state index contributed by atoms with van der Waals surface area (Å²) in [6, 6.07) is 9.16. The molecule has 0 radical (unpaired) electrons. The van der Waals surface area contributed by atoms with Gasteiger partial charge < -0.3 is 5.32 Å². The van der Waals surface area contributed by atoms with Gasteiger partial charge in [-0.05, 0) is 12.1 Å². The molecule has 84 valence electrons. The first-order chi connectivity index (χ1) is 8.29. The predicted molar refractivity (Wildman–Crippen MR) is 66.4 cm³/mol. The summed E-state index contributed by atoms with van der Waals surface area (Å²) in [6.45, 7) is 0. The third-order valence-electron chi connectivity index (χ3n) is 2.14. The molecule has 0 unspecified atom stereocenters. The lowest BCUT2D eigenvalue weighted by Crippen LogP contribution is -2.09. The van der Waals surface area contributed by atoms with Crippen LogP contribution in [-0.2, 0) is 4.79 Å². The highest BCUT2D eigenvalue weighted by molar-refractivity contribution is 7.07. The van der Waals surface area contributed by atoms with Crippen LogP contribution < -0.4 is 5.32 Å². The van der Waals surface area contributed by atoms with Crippen molar-refractivity contribution in [3.8, 4) is 17.3 Å². The van der Waals surface area contributed by atoms with Crippen LogP contribution in [0.2, 0.25) is 0 Å². The molecule has 1 heterocycles. The lowest BCUT2D eigenvalue weighted by molar-refractivity contribution is -0.115. The molecule has 17 heavy (non-hydrogen) atoms. The second-order valence-corrected chi connectivity index (χ2v) is 4.05. The maximum Gasteiger partial charge on any atom is 0.238 e. The van der Waals surface area contributed by atoms with Crippen LogP contribution in [0.1, 0.15) is 6.42 Å². The number of amides is 1. The molecular formula is C12H9N3OS. The number of hydrogen-bond acceptors (Lipinski definition) is 4. The Morgan fingerprint density at radius 2 is 2.18 bits per heavy atom. The van der Waals surface area contributed by atoms with E-state index < -0.39 is 0 Å². The Labute approximate surface area is 103 Å². The van der Waals surface area contributed by atoms with Crippen LogP contribution in [0.25, 0.3) is 11.3 Å². The molecule has 0 aliphatic heterocycles. The first kappa shape index (κ1) is 11.3. The van der Waals surface area contributed by atoms with E-state index in [1.165, 1.54) is 11.3 Å². The molecule has 2 rings (SSSR count). The molecule has 0 atom stereocenters. The van der Waals surface area contributed by atoms with Gasteiger partial charge in [0, 0.05) is 16.6 Å². The third kappa shape index (κ3) is 2.89. The van der Waals surface area contributed by atoms with Crippen LogP contribution in [0.3, 0.4) is 0 Å². The van der Waals surface area contributed by atoms with Crippen LogP contribution in [0.5, 0.6) is 0 Å². The number of thiazole rings is 1. The molecule has 0 saturated carbocycles. The third-order valence-corrected chi connectivity index (χ3v) is 2.72. The number of carbonyl (C=O) groups excluding carboxylic acids is 1. The van der Waals surface area contributed by atoms with Gasteiger partial charge in [0.2, 0.25) is 5.91 Å². The Morgan fingerprint density at radius 1 is 1.41 bits per heavy atom. The van der Waals surface area contributed by atoms with Crippen LogP contribution >= 0.6 is 11.3 Å². The van der Waals surface area contributed by atoms with Gasteiger partial charge in [-0.3, -0.25) is 4.79 Å². The van der Waals surface area contributed by atoms with Gasteiger partial charge in [0.25, 0.3) is 0 Å². The number of nitrogens with zero attached hydrogens (tertiary/aromatic N) is 2. The second kappa shape index (κ2) is 5.23. The van der Waals surface area contributed by atoms with Crippen LogP contribution in [0, 0.1) is 11.3 Å². The van der Waals surface area contributed by atoms with E-state index in [1.807, 2.05) is 17.5 Å². The van der Waals surface area contributed by atoms with E-state index in [0.29, 0.717) is 5.69 Å². The van der Waals surface area contributed by atoms with Gasteiger partial charge in [0.15, 0.2) is 0 Å². The van der Waals surface area contributed by atoms with Crippen LogP contribution in [-0.4, -0.2) is 10.9 Å². The van der Waals surface area contributed by atoms with Crippen molar-refractivity contribution in [2.75, 3.05) is 5.32 Å². The van der Waals surface area contributed by atoms with Crippen LogP contribution in [0.15, 0.2) is 35.2 Å². The molecule has 0 aliphatic carbocycles. The van der Waals surface area contributed by atoms with E-state index in [-0.39, 0.29) is 12.3 Å². The summed E-state index contributed by atoms with van der Waals surface area (Å²) in [6.07, 6.45) is -0.131. The minimum atomic E-state index is -0.297. The number of carbonyl (C=O) groups is 1. The largest absolute Gasteiger partial charge is 0.325 e. The Balaban J connectivity index is 2.09. The van der Waals surface area contributed by atoms with Crippen molar-refractivity contribution >= 4 is 22.9 Å². The number of benzene rings is 1. The lowest BCUT2D eigenvalue weighted by atomic mass is 10.1. The molecule has 2 aromatic rings. The second-order valence-electron chi connectivity index (χ2n) is 3.33. The quantitative estimate of drug-likeness (QED) is 0.901. The highest BCUT2D eigenvalue weighted by Crippen LogP contribution is 2.20. The maximum atomic E-state index is 11.2. The minimum absolute atomic E-state index is 0.131. The van der Waals surface area contributed by atoms with Crippen LogP contribution in [0.4, 0.5) is 5.69 Å². The molecule has 0 fully saturated rings. The minimum Gasteiger partial charge on any atom is -0.325 e. The van der Waals surface area contributed by atoms with Crippen molar-refractivity contribution in [3.05, 3.63) is 35.2 Å². The summed E-state index contributed by atoms with van der Waals surface area (Å²) < 4.78 is 0. The molecule has 1 aromatic heterocycles. The topological polar surface area (TPSA) is 65.8 Å². The molecular weight excluding hydrogens is 234 g/mol.